The van der Waals surface area contributed by atoms with E-state index in [9.17, 15) is 14.7 Å². The first kappa shape index (κ1) is 21.3. The largest absolute Gasteiger partial charge is 0.507 e. The first-order chi connectivity index (χ1) is 15.4. The normalized spacial score (nSPS) is 17.6. The summed E-state index contributed by atoms with van der Waals surface area (Å²) in [7, 11) is 1.57. The molecule has 2 aromatic carbocycles. The maximum atomic E-state index is 13.1. The molecule has 1 aliphatic rings. The third kappa shape index (κ3) is 3.87. The van der Waals surface area contributed by atoms with E-state index < -0.39 is 17.7 Å². The Balaban J connectivity index is 1.86. The first-order valence-electron chi connectivity index (χ1n) is 10.3. The summed E-state index contributed by atoms with van der Waals surface area (Å²) in [5.41, 5.74) is 3.96. The SMILES string of the molecule is COc1ccc(/C(O)=C2\C(=O)C(=O)N(Cc3cccnc3)[C@H]2c2ccc(C)cc2)cc1C. The average Bonchev–Trinajstić information content (AvgIpc) is 3.04. The Hall–Kier alpha value is -3.93. The highest BCUT2D eigenvalue weighted by Gasteiger charge is 2.46. The zero-order valence-electron chi connectivity index (χ0n) is 18.2. The molecule has 2 heterocycles. The van der Waals surface area contributed by atoms with Crippen molar-refractivity contribution >= 4 is 17.4 Å². The second-order valence-electron chi connectivity index (χ2n) is 7.88. The summed E-state index contributed by atoms with van der Waals surface area (Å²) in [5.74, 6) is -0.876. The van der Waals surface area contributed by atoms with Crippen molar-refractivity contribution in [1.82, 2.24) is 9.88 Å². The van der Waals surface area contributed by atoms with Crippen LogP contribution >= 0.6 is 0 Å². The highest BCUT2D eigenvalue weighted by molar-refractivity contribution is 6.46. The van der Waals surface area contributed by atoms with E-state index in [1.54, 1.807) is 43.8 Å². The Bertz CT molecular complexity index is 1200. The van der Waals surface area contributed by atoms with Crippen molar-refractivity contribution in [1.29, 1.82) is 0 Å². The highest BCUT2D eigenvalue weighted by atomic mass is 16.5. The van der Waals surface area contributed by atoms with Crippen molar-refractivity contribution in [2.24, 2.45) is 0 Å². The number of hydrogen-bond donors (Lipinski definition) is 1. The van der Waals surface area contributed by atoms with E-state index in [2.05, 4.69) is 4.98 Å². The van der Waals surface area contributed by atoms with E-state index in [0.717, 1.165) is 22.3 Å². The highest BCUT2D eigenvalue weighted by Crippen LogP contribution is 2.40. The Labute approximate surface area is 186 Å². The standard InChI is InChI=1S/C26H24N2O4/c1-16-6-8-19(9-7-16)23-22(24(29)20-10-11-21(32-3)17(2)13-20)25(30)26(31)28(23)15-18-5-4-12-27-14-18/h4-14,23,29H,15H2,1-3H3/b24-22+/t23-/m0/s1. The van der Waals surface area contributed by atoms with Gasteiger partial charge in [-0.3, -0.25) is 14.6 Å². The van der Waals surface area contributed by atoms with Gasteiger partial charge in [-0.05, 0) is 54.8 Å². The van der Waals surface area contributed by atoms with Crippen LogP contribution in [0.25, 0.3) is 5.76 Å². The van der Waals surface area contributed by atoms with Gasteiger partial charge < -0.3 is 14.7 Å². The van der Waals surface area contributed by atoms with Crippen LogP contribution in [0.3, 0.4) is 0 Å². The van der Waals surface area contributed by atoms with Gasteiger partial charge in [0, 0.05) is 24.5 Å². The number of amides is 1. The van der Waals surface area contributed by atoms with Crippen molar-refractivity contribution in [3.8, 4) is 5.75 Å². The zero-order chi connectivity index (χ0) is 22.8. The van der Waals surface area contributed by atoms with E-state index in [1.807, 2.05) is 44.2 Å². The topological polar surface area (TPSA) is 79.7 Å². The fraction of sp³-hybridized carbons (Fsp3) is 0.192. The second-order valence-corrected chi connectivity index (χ2v) is 7.88. The van der Waals surface area contributed by atoms with E-state index in [4.69, 9.17) is 4.74 Å². The third-order valence-electron chi connectivity index (χ3n) is 5.68. The summed E-state index contributed by atoms with van der Waals surface area (Å²) in [6, 6.07) is 15.7. The number of aromatic nitrogens is 1. The van der Waals surface area contributed by atoms with Gasteiger partial charge >= 0.3 is 0 Å². The molecule has 1 amide bonds. The molecule has 0 radical (unpaired) electrons. The maximum Gasteiger partial charge on any atom is 0.295 e. The molecular formula is C26H24N2O4. The molecule has 0 aliphatic carbocycles. The van der Waals surface area contributed by atoms with E-state index in [0.29, 0.717) is 11.3 Å². The smallest absolute Gasteiger partial charge is 0.295 e. The molecule has 1 aromatic heterocycles. The summed E-state index contributed by atoms with van der Waals surface area (Å²) in [6.07, 6.45) is 3.32. The monoisotopic (exact) mass is 428 g/mol. The lowest BCUT2D eigenvalue weighted by atomic mass is 9.94. The molecular weight excluding hydrogens is 404 g/mol. The Morgan fingerprint density at radius 1 is 1.09 bits per heavy atom. The molecule has 0 spiro atoms. The molecule has 3 aromatic rings. The van der Waals surface area contributed by atoms with Gasteiger partial charge in [0.1, 0.15) is 11.5 Å². The molecule has 1 fully saturated rings. The second kappa shape index (κ2) is 8.67. The van der Waals surface area contributed by atoms with Crippen LogP contribution < -0.4 is 4.74 Å². The van der Waals surface area contributed by atoms with Crippen LogP contribution in [0.1, 0.15) is 33.9 Å². The zero-order valence-corrected chi connectivity index (χ0v) is 18.2. The Morgan fingerprint density at radius 2 is 1.84 bits per heavy atom. The number of Topliss-reactive ketones (excluding diaryl/α,β-unsaturated/α-hetero) is 1. The number of nitrogens with zero attached hydrogens (tertiary/aromatic N) is 2. The van der Waals surface area contributed by atoms with Crippen LogP contribution in [0, 0.1) is 13.8 Å². The van der Waals surface area contributed by atoms with Gasteiger partial charge in [-0.2, -0.15) is 0 Å². The van der Waals surface area contributed by atoms with Crippen LogP contribution in [0.2, 0.25) is 0 Å². The van der Waals surface area contributed by atoms with E-state index in [1.165, 1.54) is 4.90 Å². The molecule has 4 rings (SSSR count). The Morgan fingerprint density at radius 3 is 2.47 bits per heavy atom. The number of hydrogen-bond acceptors (Lipinski definition) is 5. The minimum absolute atomic E-state index is 0.0762. The minimum Gasteiger partial charge on any atom is -0.507 e. The van der Waals surface area contributed by atoms with Crippen LogP contribution in [-0.4, -0.2) is 33.8 Å². The van der Waals surface area contributed by atoms with E-state index >= 15 is 0 Å². The number of carbonyl (C=O) groups is 2. The number of rotatable bonds is 5. The number of carbonyl (C=O) groups excluding carboxylic acids is 2. The maximum absolute atomic E-state index is 13.1. The minimum atomic E-state index is -0.710. The van der Waals surface area contributed by atoms with Gasteiger partial charge in [0.05, 0.1) is 18.7 Å². The van der Waals surface area contributed by atoms with Gasteiger partial charge in [-0.25, -0.2) is 0 Å². The van der Waals surface area contributed by atoms with Gasteiger partial charge in [-0.15, -0.1) is 0 Å². The van der Waals surface area contributed by atoms with Crippen molar-refractivity contribution in [3.05, 3.63) is 100 Å². The lowest BCUT2D eigenvalue weighted by molar-refractivity contribution is -0.140. The molecule has 0 saturated carbocycles. The molecule has 0 bridgehead atoms. The summed E-state index contributed by atoms with van der Waals surface area (Å²) in [4.78, 5) is 31.8. The molecule has 32 heavy (non-hydrogen) atoms. The van der Waals surface area contributed by atoms with Gasteiger partial charge in [-0.1, -0.05) is 35.9 Å². The number of pyridine rings is 1. The van der Waals surface area contributed by atoms with Crippen LogP contribution in [0.5, 0.6) is 5.75 Å². The molecule has 6 heteroatoms. The fourth-order valence-electron chi connectivity index (χ4n) is 4.01. The van der Waals surface area contributed by atoms with Crippen molar-refractivity contribution in [2.75, 3.05) is 7.11 Å². The third-order valence-corrected chi connectivity index (χ3v) is 5.68. The molecule has 1 saturated heterocycles. The number of aliphatic hydroxyl groups is 1. The fourth-order valence-corrected chi connectivity index (χ4v) is 4.01. The predicted molar refractivity (Wildman–Crippen MR) is 121 cm³/mol. The number of methoxy groups -OCH3 is 1. The lowest BCUT2D eigenvalue weighted by Crippen LogP contribution is -2.29. The number of ether oxygens (including phenoxy) is 1. The molecule has 0 unspecified atom stereocenters. The molecule has 1 N–H and O–H groups in total. The van der Waals surface area contributed by atoms with E-state index in [-0.39, 0.29) is 17.9 Å². The van der Waals surface area contributed by atoms with Gasteiger partial charge in [0.25, 0.3) is 11.7 Å². The van der Waals surface area contributed by atoms with Gasteiger partial charge in [0.2, 0.25) is 0 Å². The van der Waals surface area contributed by atoms with Crippen LogP contribution in [0.4, 0.5) is 0 Å². The number of aliphatic hydroxyl groups excluding tert-OH is 1. The van der Waals surface area contributed by atoms with Crippen molar-refractivity contribution < 1.29 is 19.4 Å². The molecule has 1 atom stereocenters. The molecule has 1 aliphatic heterocycles. The number of likely N-dealkylation sites (tertiary alicyclic amines) is 1. The predicted octanol–water partition coefficient (Wildman–Crippen LogP) is 4.33. The average molecular weight is 428 g/mol. The Kier molecular flexibility index (Phi) is 5.77. The van der Waals surface area contributed by atoms with Gasteiger partial charge in [0.15, 0.2) is 0 Å². The summed E-state index contributed by atoms with van der Waals surface area (Å²) in [6.45, 7) is 4.03. The summed E-state index contributed by atoms with van der Waals surface area (Å²) < 4.78 is 5.30. The van der Waals surface area contributed by atoms with Crippen molar-refractivity contribution in [2.45, 2.75) is 26.4 Å². The number of ketones is 1. The summed E-state index contributed by atoms with van der Waals surface area (Å²) in [5, 5.41) is 11.2. The lowest BCUT2D eigenvalue weighted by Gasteiger charge is -2.25. The van der Waals surface area contributed by atoms with Crippen molar-refractivity contribution in [3.63, 3.8) is 0 Å². The summed E-state index contributed by atoms with van der Waals surface area (Å²) >= 11 is 0. The molecule has 162 valence electrons. The van der Waals surface area contributed by atoms with Crippen LogP contribution in [0.15, 0.2) is 72.6 Å². The number of benzene rings is 2. The quantitative estimate of drug-likeness (QED) is 0.372. The van der Waals surface area contributed by atoms with Crippen LogP contribution in [-0.2, 0) is 16.1 Å². The molecule has 6 nitrogen and oxygen atoms in total. The first-order valence-corrected chi connectivity index (χ1v) is 10.3. The number of aryl methyl sites for hydroxylation is 2.